The fraction of sp³-hybridized carbons (Fsp3) is 0.632. The lowest BCUT2D eigenvalue weighted by molar-refractivity contribution is -0.126. The highest BCUT2D eigenvalue weighted by molar-refractivity contribution is 5.83. The zero-order valence-corrected chi connectivity index (χ0v) is 15.2. The average Bonchev–Trinajstić information content (AvgIpc) is 2.56. The van der Waals surface area contributed by atoms with E-state index in [0.717, 1.165) is 50.1 Å². The van der Waals surface area contributed by atoms with Gasteiger partial charge in [-0.05, 0) is 64.0 Å². The number of likely N-dealkylation sites (tertiary alicyclic amines) is 1. The van der Waals surface area contributed by atoms with Crippen LogP contribution in [0.4, 0.5) is 0 Å². The van der Waals surface area contributed by atoms with Crippen molar-refractivity contribution in [2.45, 2.75) is 25.8 Å². The number of carbonyl (C=O) groups excluding carboxylic acids is 1. The summed E-state index contributed by atoms with van der Waals surface area (Å²) in [5.41, 5.74) is 2.21. The zero-order chi connectivity index (χ0) is 17.5. The number of amides is 1. The molecule has 1 aromatic rings. The molecule has 2 rings (SSSR count). The molecule has 0 radical (unpaired) electrons. The molecular weight excluding hydrogens is 302 g/mol. The zero-order valence-electron chi connectivity index (χ0n) is 15.2. The number of nitrogens with one attached hydrogen (secondary N) is 1. The maximum Gasteiger partial charge on any atom is 0.241 e. The number of aliphatic hydroxyl groups excluding tert-OH is 1. The molecule has 0 spiro atoms. The Hall–Kier alpha value is -1.43. The second kappa shape index (κ2) is 9.16. The lowest BCUT2D eigenvalue weighted by Crippen LogP contribution is -2.42. The summed E-state index contributed by atoms with van der Waals surface area (Å²) in [6.07, 6.45) is 2.16. The van der Waals surface area contributed by atoms with Gasteiger partial charge in [-0.25, -0.2) is 0 Å². The Morgan fingerprint density at radius 3 is 2.58 bits per heavy atom. The van der Waals surface area contributed by atoms with E-state index in [1.165, 1.54) is 0 Å². The fourth-order valence-electron chi connectivity index (χ4n) is 3.44. The monoisotopic (exact) mass is 333 g/mol. The standard InChI is InChI=1S/C19H31N3O2/c1-15-6-4-5-7-17(15)18(21(2)3)19(24)20-14-16-8-10-22(11-9-16)12-13-23/h4-7,16,18,23H,8-14H2,1-3H3,(H,20,24). The SMILES string of the molecule is Cc1ccccc1C(C(=O)NCC1CCN(CCO)CC1)N(C)C. The third-order valence-corrected chi connectivity index (χ3v) is 4.94. The summed E-state index contributed by atoms with van der Waals surface area (Å²) in [6, 6.07) is 7.83. The summed E-state index contributed by atoms with van der Waals surface area (Å²) in [5, 5.41) is 12.2. The van der Waals surface area contributed by atoms with Gasteiger partial charge in [-0.15, -0.1) is 0 Å². The van der Waals surface area contributed by atoms with E-state index in [1.54, 1.807) is 0 Å². The third kappa shape index (κ3) is 5.03. The molecule has 1 aromatic carbocycles. The molecule has 1 fully saturated rings. The molecule has 0 aliphatic carbocycles. The Morgan fingerprint density at radius 1 is 1.33 bits per heavy atom. The van der Waals surface area contributed by atoms with Crippen molar-refractivity contribution in [3.8, 4) is 0 Å². The second-order valence-corrected chi connectivity index (χ2v) is 6.98. The van der Waals surface area contributed by atoms with Gasteiger partial charge in [0.2, 0.25) is 5.91 Å². The largest absolute Gasteiger partial charge is 0.395 e. The molecule has 24 heavy (non-hydrogen) atoms. The van der Waals surface area contributed by atoms with Crippen LogP contribution in [-0.4, -0.2) is 67.7 Å². The van der Waals surface area contributed by atoms with Crippen LogP contribution in [0.5, 0.6) is 0 Å². The maximum atomic E-state index is 12.8. The Morgan fingerprint density at radius 2 is 2.00 bits per heavy atom. The lowest BCUT2D eigenvalue weighted by atomic mass is 9.96. The molecule has 5 nitrogen and oxygen atoms in total. The highest BCUT2D eigenvalue weighted by Crippen LogP contribution is 2.22. The van der Waals surface area contributed by atoms with Crippen molar-refractivity contribution >= 4 is 5.91 Å². The Bertz CT molecular complexity index is 525. The van der Waals surface area contributed by atoms with Crippen LogP contribution < -0.4 is 5.32 Å². The number of hydrogen-bond donors (Lipinski definition) is 2. The molecule has 134 valence electrons. The third-order valence-electron chi connectivity index (χ3n) is 4.94. The average molecular weight is 333 g/mol. The van der Waals surface area contributed by atoms with Crippen LogP contribution in [0.25, 0.3) is 0 Å². The van der Waals surface area contributed by atoms with Crippen LogP contribution in [0.1, 0.15) is 30.0 Å². The number of aryl methyl sites for hydroxylation is 1. The van der Waals surface area contributed by atoms with Crippen molar-refractivity contribution in [3.63, 3.8) is 0 Å². The molecule has 0 aromatic heterocycles. The first kappa shape index (κ1) is 18.9. The van der Waals surface area contributed by atoms with Crippen molar-refractivity contribution in [3.05, 3.63) is 35.4 Å². The van der Waals surface area contributed by atoms with Gasteiger partial charge in [0.05, 0.1) is 6.61 Å². The number of benzene rings is 1. The molecule has 1 aliphatic heterocycles. The Labute approximate surface area is 145 Å². The van der Waals surface area contributed by atoms with E-state index in [0.29, 0.717) is 5.92 Å². The van der Waals surface area contributed by atoms with Crippen LogP contribution >= 0.6 is 0 Å². The van der Waals surface area contributed by atoms with Crippen LogP contribution in [0.3, 0.4) is 0 Å². The number of hydrogen-bond acceptors (Lipinski definition) is 4. The van der Waals surface area contributed by atoms with E-state index < -0.39 is 0 Å². The van der Waals surface area contributed by atoms with E-state index in [1.807, 2.05) is 37.2 Å². The van der Waals surface area contributed by atoms with Crippen molar-refractivity contribution in [1.29, 1.82) is 0 Å². The molecule has 0 saturated carbocycles. The topological polar surface area (TPSA) is 55.8 Å². The number of nitrogens with zero attached hydrogens (tertiary/aromatic N) is 2. The predicted molar refractivity (Wildman–Crippen MR) is 96.9 cm³/mol. The highest BCUT2D eigenvalue weighted by atomic mass is 16.3. The smallest absolute Gasteiger partial charge is 0.241 e. The second-order valence-electron chi connectivity index (χ2n) is 6.98. The summed E-state index contributed by atoms with van der Waals surface area (Å²) in [4.78, 5) is 17.0. The van der Waals surface area contributed by atoms with Crippen molar-refractivity contribution < 1.29 is 9.90 Å². The number of carbonyl (C=O) groups is 1. The van der Waals surface area contributed by atoms with Crippen LogP contribution in [0.15, 0.2) is 24.3 Å². The first-order chi connectivity index (χ1) is 11.5. The number of β-amino-alcohol motifs (C(OH)–C–C–N with tert-alkyl or cyclic N) is 1. The van der Waals surface area contributed by atoms with Gasteiger partial charge in [0.25, 0.3) is 0 Å². The molecule has 0 bridgehead atoms. The first-order valence-corrected chi connectivity index (χ1v) is 8.85. The van der Waals surface area contributed by atoms with Gasteiger partial charge in [-0.1, -0.05) is 24.3 Å². The number of aliphatic hydroxyl groups is 1. The van der Waals surface area contributed by atoms with E-state index in [-0.39, 0.29) is 18.6 Å². The minimum atomic E-state index is -0.249. The van der Waals surface area contributed by atoms with Gasteiger partial charge in [-0.3, -0.25) is 9.69 Å². The van der Waals surface area contributed by atoms with Gasteiger partial charge in [-0.2, -0.15) is 0 Å². The summed E-state index contributed by atoms with van der Waals surface area (Å²) >= 11 is 0. The number of likely N-dealkylation sites (N-methyl/N-ethyl adjacent to an activating group) is 1. The van der Waals surface area contributed by atoms with Crippen molar-refractivity contribution in [2.24, 2.45) is 5.92 Å². The van der Waals surface area contributed by atoms with Crippen molar-refractivity contribution in [1.82, 2.24) is 15.1 Å². The summed E-state index contributed by atoms with van der Waals surface area (Å²) in [5.74, 6) is 0.607. The van der Waals surface area contributed by atoms with Gasteiger partial charge in [0.1, 0.15) is 6.04 Å². The number of piperidine rings is 1. The number of rotatable bonds is 7. The molecular formula is C19H31N3O2. The van der Waals surface area contributed by atoms with Crippen LogP contribution in [0, 0.1) is 12.8 Å². The van der Waals surface area contributed by atoms with E-state index in [9.17, 15) is 4.79 Å². The maximum absolute atomic E-state index is 12.8. The minimum absolute atomic E-state index is 0.0760. The molecule has 1 amide bonds. The molecule has 1 heterocycles. The lowest BCUT2D eigenvalue weighted by Gasteiger charge is -2.32. The Balaban J connectivity index is 1.89. The Kier molecular flexibility index (Phi) is 7.21. The fourth-order valence-corrected chi connectivity index (χ4v) is 3.44. The minimum Gasteiger partial charge on any atom is -0.395 e. The van der Waals surface area contributed by atoms with Gasteiger partial charge in [0, 0.05) is 13.1 Å². The van der Waals surface area contributed by atoms with Crippen LogP contribution in [-0.2, 0) is 4.79 Å². The summed E-state index contributed by atoms with van der Waals surface area (Å²) in [7, 11) is 3.90. The van der Waals surface area contributed by atoms with E-state index in [2.05, 4.69) is 23.2 Å². The van der Waals surface area contributed by atoms with Crippen molar-refractivity contribution in [2.75, 3.05) is 46.9 Å². The summed E-state index contributed by atoms with van der Waals surface area (Å²) in [6.45, 7) is 5.79. The highest BCUT2D eigenvalue weighted by Gasteiger charge is 2.25. The molecule has 5 heteroatoms. The van der Waals surface area contributed by atoms with Gasteiger partial charge in [0.15, 0.2) is 0 Å². The molecule has 2 N–H and O–H groups in total. The molecule has 1 saturated heterocycles. The summed E-state index contributed by atoms with van der Waals surface area (Å²) < 4.78 is 0. The van der Waals surface area contributed by atoms with E-state index in [4.69, 9.17) is 5.11 Å². The molecule has 1 aliphatic rings. The molecule has 1 unspecified atom stereocenters. The quantitative estimate of drug-likeness (QED) is 0.792. The van der Waals surface area contributed by atoms with E-state index >= 15 is 0 Å². The normalized spacial score (nSPS) is 17.9. The van der Waals surface area contributed by atoms with Crippen LogP contribution in [0.2, 0.25) is 0 Å². The van der Waals surface area contributed by atoms with Gasteiger partial charge >= 0.3 is 0 Å². The predicted octanol–water partition coefficient (Wildman–Crippen LogP) is 1.42. The van der Waals surface area contributed by atoms with Gasteiger partial charge < -0.3 is 15.3 Å². The first-order valence-electron chi connectivity index (χ1n) is 8.85. The molecule has 1 atom stereocenters.